The zero-order valence-electron chi connectivity index (χ0n) is 8.16. The first-order valence-corrected chi connectivity index (χ1v) is 4.35. The molecule has 2 nitrogen and oxygen atoms in total. The number of phenolic OH excluding ortho intramolecular Hbond substituents is 1. The van der Waals surface area contributed by atoms with Crippen LogP contribution in [0.3, 0.4) is 0 Å². The molecule has 0 unspecified atom stereocenters. The average molecular weight is 176 g/mol. The zero-order valence-corrected chi connectivity index (χ0v) is 8.16. The standard InChI is InChI=1S/C10H13BO2/c1-6(2)9-4-8(11)3-7(5-12)10(9)13/h3-6,13H,11H2,1-2H3. The highest BCUT2D eigenvalue weighted by Gasteiger charge is 2.10. The first-order valence-electron chi connectivity index (χ1n) is 4.35. The minimum Gasteiger partial charge on any atom is -0.507 e. The molecule has 0 atom stereocenters. The van der Waals surface area contributed by atoms with Crippen molar-refractivity contribution in [3.05, 3.63) is 23.3 Å². The molecule has 0 amide bonds. The number of hydrogen-bond donors (Lipinski definition) is 1. The Bertz CT molecular complexity index is 332. The number of carbonyl (C=O) groups is 1. The van der Waals surface area contributed by atoms with E-state index in [1.165, 1.54) is 0 Å². The Hall–Kier alpha value is -1.25. The van der Waals surface area contributed by atoms with Gasteiger partial charge in [-0.1, -0.05) is 31.4 Å². The summed E-state index contributed by atoms with van der Waals surface area (Å²) < 4.78 is 0. The van der Waals surface area contributed by atoms with E-state index in [0.29, 0.717) is 11.8 Å². The smallest absolute Gasteiger partial charge is 0.153 e. The number of phenols is 1. The fraction of sp³-hybridized carbons (Fsp3) is 0.300. The average Bonchev–Trinajstić information content (AvgIpc) is 2.08. The molecule has 0 saturated heterocycles. The van der Waals surface area contributed by atoms with E-state index in [1.54, 1.807) is 6.07 Å². The minimum atomic E-state index is 0.121. The van der Waals surface area contributed by atoms with Crippen LogP contribution in [0.5, 0.6) is 5.75 Å². The fourth-order valence-corrected chi connectivity index (χ4v) is 1.37. The summed E-state index contributed by atoms with van der Waals surface area (Å²) in [6.07, 6.45) is 0.689. The third kappa shape index (κ3) is 1.91. The summed E-state index contributed by atoms with van der Waals surface area (Å²) in [7, 11) is 1.92. The number of aldehydes is 1. The molecule has 0 saturated carbocycles. The van der Waals surface area contributed by atoms with Crippen molar-refractivity contribution in [2.24, 2.45) is 0 Å². The summed E-state index contributed by atoms with van der Waals surface area (Å²) in [5.74, 6) is 0.356. The number of aromatic hydroxyl groups is 1. The molecule has 0 aliphatic carbocycles. The Balaban J connectivity index is 3.35. The van der Waals surface area contributed by atoms with Gasteiger partial charge in [-0.25, -0.2) is 0 Å². The van der Waals surface area contributed by atoms with Crippen LogP contribution in [-0.2, 0) is 0 Å². The molecule has 0 radical (unpaired) electrons. The Morgan fingerprint density at radius 3 is 2.54 bits per heavy atom. The summed E-state index contributed by atoms with van der Waals surface area (Å²) in [4.78, 5) is 10.6. The van der Waals surface area contributed by atoms with Crippen LogP contribution in [0.4, 0.5) is 0 Å². The molecule has 0 bridgehead atoms. The first kappa shape index (κ1) is 9.84. The minimum absolute atomic E-state index is 0.121. The van der Waals surface area contributed by atoms with Gasteiger partial charge >= 0.3 is 0 Å². The predicted octanol–water partition coefficient (Wildman–Crippen LogP) is 0.587. The van der Waals surface area contributed by atoms with Crippen LogP contribution in [-0.4, -0.2) is 19.2 Å². The molecule has 0 heterocycles. The van der Waals surface area contributed by atoms with Gasteiger partial charge in [-0.3, -0.25) is 4.79 Å². The van der Waals surface area contributed by atoms with Gasteiger partial charge in [0, 0.05) is 0 Å². The summed E-state index contributed by atoms with van der Waals surface area (Å²) >= 11 is 0. The maximum Gasteiger partial charge on any atom is 0.153 e. The number of carbonyl (C=O) groups excluding carboxylic acids is 1. The van der Waals surface area contributed by atoms with Gasteiger partial charge in [0.25, 0.3) is 0 Å². The Morgan fingerprint density at radius 1 is 1.46 bits per heavy atom. The maximum atomic E-state index is 10.6. The van der Waals surface area contributed by atoms with Crippen molar-refractivity contribution < 1.29 is 9.90 Å². The van der Waals surface area contributed by atoms with Crippen LogP contribution >= 0.6 is 0 Å². The van der Waals surface area contributed by atoms with E-state index in [-0.39, 0.29) is 11.7 Å². The van der Waals surface area contributed by atoms with Crippen molar-refractivity contribution in [3.63, 3.8) is 0 Å². The number of rotatable bonds is 2. The lowest BCUT2D eigenvalue weighted by molar-refractivity contribution is 0.112. The largest absolute Gasteiger partial charge is 0.507 e. The summed E-state index contributed by atoms with van der Waals surface area (Å²) in [5.41, 5.74) is 2.22. The third-order valence-corrected chi connectivity index (χ3v) is 2.06. The van der Waals surface area contributed by atoms with Gasteiger partial charge in [0.05, 0.1) is 5.56 Å². The second-order valence-corrected chi connectivity index (χ2v) is 3.56. The number of hydrogen-bond acceptors (Lipinski definition) is 2. The molecule has 68 valence electrons. The Labute approximate surface area is 79.0 Å². The van der Waals surface area contributed by atoms with E-state index < -0.39 is 0 Å². The highest BCUT2D eigenvalue weighted by molar-refractivity contribution is 6.32. The lowest BCUT2D eigenvalue weighted by Crippen LogP contribution is -2.07. The number of benzene rings is 1. The first-order chi connectivity index (χ1) is 6.06. The summed E-state index contributed by atoms with van der Waals surface area (Å²) in [6, 6.07) is 3.60. The molecule has 1 N–H and O–H groups in total. The summed E-state index contributed by atoms with van der Waals surface area (Å²) in [5, 5.41) is 9.65. The lowest BCUT2D eigenvalue weighted by Gasteiger charge is -2.10. The van der Waals surface area contributed by atoms with Crippen LogP contribution in [0.1, 0.15) is 35.7 Å². The molecule has 0 fully saturated rings. The Kier molecular flexibility index (Phi) is 2.76. The summed E-state index contributed by atoms with van der Waals surface area (Å²) in [6.45, 7) is 3.98. The van der Waals surface area contributed by atoms with E-state index in [1.807, 2.05) is 27.8 Å². The normalized spacial score (nSPS) is 10.4. The molecule has 0 aliphatic rings. The van der Waals surface area contributed by atoms with Gasteiger partial charge in [0.15, 0.2) is 6.29 Å². The molecular formula is C10H13BO2. The van der Waals surface area contributed by atoms with Gasteiger partial charge < -0.3 is 5.11 Å². The van der Waals surface area contributed by atoms with Crippen molar-refractivity contribution in [2.45, 2.75) is 19.8 Å². The van der Waals surface area contributed by atoms with Gasteiger partial charge in [-0.15, -0.1) is 0 Å². The monoisotopic (exact) mass is 176 g/mol. The van der Waals surface area contributed by atoms with Crippen molar-refractivity contribution in [3.8, 4) is 5.75 Å². The van der Waals surface area contributed by atoms with E-state index >= 15 is 0 Å². The van der Waals surface area contributed by atoms with Crippen molar-refractivity contribution in [1.29, 1.82) is 0 Å². The van der Waals surface area contributed by atoms with Crippen LogP contribution in [0.15, 0.2) is 12.1 Å². The Morgan fingerprint density at radius 2 is 2.08 bits per heavy atom. The topological polar surface area (TPSA) is 37.3 Å². The van der Waals surface area contributed by atoms with Crippen LogP contribution in [0, 0.1) is 0 Å². The quantitative estimate of drug-likeness (QED) is 0.528. The molecular weight excluding hydrogens is 163 g/mol. The molecule has 0 aliphatic heterocycles. The van der Waals surface area contributed by atoms with Crippen LogP contribution in [0.25, 0.3) is 0 Å². The van der Waals surface area contributed by atoms with Gasteiger partial charge in [0.2, 0.25) is 0 Å². The molecule has 1 aromatic carbocycles. The van der Waals surface area contributed by atoms with E-state index in [9.17, 15) is 9.90 Å². The van der Waals surface area contributed by atoms with Crippen LogP contribution in [0.2, 0.25) is 0 Å². The third-order valence-electron chi connectivity index (χ3n) is 2.06. The van der Waals surface area contributed by atoms with E-state index in [2.05, 4.69) is 0 Å². The SMILES string of the molecule is Bc1cc(C=O)c(O)c(C(C)C)c1. The van der Waals surface area contributed by atoms with Crippen LogP contribution < -0.4 is 5.46 Å². The fourth-order valence-electron chi connectivity index (χ4n) is 1.37. The molecule has 0 spiro atoms. The molecule has 1 rings (SSSR count). The molecule has 1 aromatic rings. The van der Waals surface area contributed by atoms with Crippen molar-refractivity contribution in [2.75, 3.05) is 0 Å². The second-order valence-electron chi connectivity index (χ2n) is 3.56. The zero-order chi connectivity index (χ0) is 10.0. The molecule has 0 aromatic heterocycles. The van der Waals surface area contributed by atoms with Crippen molar-refractivity contribution >= 4 is 19.6 Å². The molecule has 13 heavy (non-hydrogen) atoms. The van der Waals surface area contributed by atoms with E-state index in [4.69, 9.17) is 0 Å². The maximum absolute atomic E-state index is 10.6. The van der Waals surface area contributed by atoms with Gasteiger partial charge in [0.1, 0.15) is 13.6 Å². The van der Waals surface area contributed by atoms with E-state index in [0.717, 1.165) is 11.0 Å². The second kappa shape index (κ2) is 3.65. The lowest BCUT2D eigenvalue weighted by atomic mass is 9.88. The highest BCUT2D eigenvalue weighted by atomic mass is 16.3. The predicted molar refractivity (Wildman–Crippen MR) is 55.8 cm³/mol. The van der Waals surface area contributed by atoms with Gasteiger partial charge in [-0.2, -0.15) is 0 Å². The highest BCUT2D eigenvalue weighted by Crippen LogP contribution is 2.26. The van der Waals surface area contributed by atoms with Crippen molar-refractivity contribution in [1.82, 2.24) is 0 Å². The van der Waals surface area contributed by atoms with Gasteiger partial charge in [-0.05, 0) is 11.5 Å². The molecule has 3 heteroatoms.